The van der Waals surface area contributed by atoms with E-state index in [1.54, 1.807) is 12.1 Å². The van der Waals surface area contributed by atoms with E-state index in [0.29, 0.717) is 18.7 Å². The van der Waals surface area contributed by atoms with Gasteiger partial charge in [0.15, 0.2) is 0 Å². The number of nitrogens with one attached hydrogen (secondary N) is 1. The van der Waals surface area contributed by atoms with Gasteiger partial charge in [0, 0.05) is 18.7 Å². The molecule has 33 heavy (non-hydrogen) atoms. The molecule has 1 atom stereocenters. The van der Waals surface area contributed by atoms with Crippen molar-refractivity contribution in [3.05, 3.63) is 107 Å². The van der Waals surface area contributed by atoms with Gasteiger partial charge in [0.25, 0.3) is 5.91 Å². The largest absolute Gasteiger partial charge is 0.351 e. The van der Waals surface area contributed by atoms with Crippen molar-refractivity contribution in [2.24, 2.45) is 0 Å². The number of amides is 2. The van der Waals surface area contributed by atoms with Crippen LogP contribution in [0.5, 0.6) is 0 Å². The fourth-order valence-corrected chi connectivity index (χ4v) is 5.56. The average molecular weight is 443 g/mol. The molecule has 5 heteroatoms. The lowest BCUT2D eigenvalue weighted by Crippen LogP contribution is -2.60. The van der Waals surface area contributed by atoms with Crippen molar-refractivity contribution in [2.45, 2.75) is 50.2 Å². The van der Waals surface area contributed by atoms with Gasteiger partial charge in [0.2, 0.25) is 5.91 Å². The highest BCUT2D eigenvalue weighted by atomic mass is 19.1. The molecule has 5 rings (SSSR count). The molecule has 1 spiro atoms. The Morgan fingerprint density at radius 3 is 2.30 bits per heavy atom. The molecule has 0 bridgehead atoms. The van der Waals surface area contributed by atoms with Gasteiger partial charge in [-0.05, 0) is 47.7 Å². The summed E-state index contributed by atoms with van der Waals surface area (Å²) < 4.78 is 13.3. The summed E-state index contributed by atoms with van der Waals surface area (Å²) in [5.74, 6) is -0.831. The molecule has 1 aliphatic heterocycles. The van der Waals surface area contributed by atoms with Gasteiger partial charge < -0.3 is 10.2 Å². The normalized spacial score (nSPS) is 18.9. The van der Waals surface area contributed by atoms with Crippen molar-refractivity contribution in [3.63, 3.8) is 0 Å². The summed E-state index contributed by atoms with van der Waals surface area (Å²) in [5.41, 5.74) is 2.76. The minimum atomic E-state index is -0.547. The molecule has 2 amide bonds. The zero-order valence-electron chi connectivity index (χ0n) is 18.5. The van der Waals surface area contributed by atoms with Crippen molar-refractivity contribution >= 4 is 11.8 Å². The number of nitrogens with zero attached hydrogens (tertiary/aromatic N) is 1. The van der Waals surface area contributed by atoms with E-state index in [0.717, 1.165) is 42.4 Å². The molecule has 3 aromatic carbocycles. The third kappa shape index (κ3) is 3.92. The van der Waals surface area contributed by atoms with Gasteiger partial charge >= 0.3 is 0 Å². The standard InChI is InChI=1S/C28H27FN2O2/c29-22-14-12-20(13-15-22)18-30-26(32)25-23-10-4-5-11-24(23)27(33)31(28(25)16-6-7-17-28)19-21-8-2-1-3-9-21/h1-5,8-15,25H,6-7,16-19H2,(H,30,32). The average Bonchev–Trinajstić information content (AvgIpc) is 3.32. The molecular formula is C28H27FN2O2. The van der Waals surface area contributed by atoms with Crippen LogP contribution in [0.1, 0.15) is 58.6 Å². The van der Waals surface area contributed by atoms with Crippen LogP contribution in [0.15, 0.2) is 78.9 Å². The van der Waals surface area contributed by atoms with E-state index in [4.69, 9.17) is 0 Å². The van der Waals surface area contributed by atoms with Gasteiger partial charge in [-0.2, -0.15) is 0 Å². The summed E-state index contributed by atoms with van der Waals surface area (Å²) in [7, 11) is 0. The SMILES string of the molecule is O=C(NCc1ccc(F)cc1)C1c2ccccc2C(=O)N(Cc2ccccc2)C12CCCC2. The molecule has 168 valence electrons. The maximum Gasteiger partial charge on any atom is 0.254 e. The maximum absolute atomic E-state index is 13.7. The number of fused-ring (bicyclic) bond motifs is 1. The fourth-order valence-electron chi connectivity index (χ4n) is 5.56. The highest BCUT2D eigenvalue weighted by Gasteiger charge is 2.55. The quantitative estimate of drug-likeness (QED) is 0.591. The van der Waals surface area contributed by atoms with Crippen LogP contribution in [-0.4, -0.2) is 22.3 Å². The Kier molecular flexibility index (Phi) is 5.71. The first-order valence-electron chi connectivity index (χ1n) is 11.6. The van der Waals surface area contributed by atoms with Crippen molar-refractivity contribution in [3.8, 4) is 0 Å². The van der Waals surface area contributed by atoms with Crippen molar-refractivity contribution in [1.29, 1.82) is 0 Å². The van der Waals surface area contributed by atoms with Gasteiger partial charge in [0.05, 0.1) is 11.5 Å². The zero-order valence-corrected chi connectivity index (χ0v) is 18.5. The first-order chi connectivity index (χ1) is 16.1. The molecule has 4 nitrogen and oxygen atoms in total. The van der Waals surface area contributed by atoms with Crippen molar-refractivity contribution in [2.75, 3.05) is 0 Å². The van der Waals surface area contributed by atoms with Crippen LogP contribution in [0.25, 0.3) is 0 Å². The Bertz CT molecular complexity index is 1150. The second-order valence-corrected chi connectivity index (χ2v) is 9.05. The van der Waals surface area contributed by atoms with E-state index in [-0.39, 0.29) is 17.6 Å². The summed E-state index contributed by atoms with van der Waals surface area (Å²) in [4.78, 5) is 29.4. The summed E-state index contributed by atoms with van der Waals surface area (Å²) >= 11 is 0. The summed E-state index contributed by atoms with van der Waals surface area (Å²) in [6, 6.07) is 23.7. The first kappa shape index (κ1) is 21.4. The number of halogens is 1. The van der Waals surface area contributed by atoms with Crippen LogP contribution in [0.3, 0.4) is 0 Å². The lowest BCUT2D eigenvalue weighted by molar-refractivity contribution is -0.126. The molecule has 1 saturated carbocycles. The van der Waals surface area contributed by atoms with E-state index >= 15 is 0 Å². The Balaban J connectivity index is 1.52. The predicted octanol–water partition coefficient (Wildman–Crippen LogP) is 5.19. The Hall–Kier alpha value is -3.47. The van der Waals surface area contributed by atoms with Crippen molar-refractivity contribution in [1.82, 2.24) is 10.2 Å². The third-order valence-corrected chi connectivity index (χ3v) is 7.12. The fraction of sp³-hybridized carbons (Fsp3) is 0.286. The number of carbonyl (C=O) groups excluding carboxylic acids is 2. The van der Waals surface area contributed by atoms with Crippen LogP contribution in [0.4, 0.5) is 4.39 Å². The Morgan fingerprint density at radius 2 is 1.58 bits per heavy atom. The minimum absolute atomic E-state index is 0.000984. The molecule has 2 aliphatic rings. The predicted molar refractivity (Wildman–Crippen MR) is 125 cm³/mol. The molecule has 3 aromatic rings. The van der Waals surface area contributed by atoms with E-state index in [1.165, 1.54) is 12.1 Å². The van der Waals surface area contributed by atoms with Gasteiger partial charge in [-0.1, -0.05) is 73.5 Å². The van der Waals surface area contributed by atoms with Gasteiger partial charge in [-0.25, -0.2) is 4.39 Å². The second-order valence-electron chi connectivity index (χ2n) is 9.05. The van der Waals surface area contributed by atoms with E-state index in [9.17, 15) is 14.0 Å². The monoisotopic (exact) mass is 442 g/mol. The highest BCUT2D eigenvalue weighted by molar-refractivity contribution is 6.02. The molecule has 1 N–H and O–H groups in total. The van der Waals surface area contributed by atoms with Gasteiger partial charge in [-0.3, -0.25) is 9.59 Å². The molecule has 1 unspecified atom stereocenters. The van der Waals surface area contributed by atoms with Crippen LogP contribution in [0, 0.1) is 5.82 Å². The van der Waals surface area contributed by atoms with Gasteiger partial charge in [0.1, 0.15) is 5.82 Å². The zero-order chi connectivity index (χ0) is 22.8. The Morgan fingerprint density at radius 1 is 0.909 bits per heavy atom. The van der Waals surface area contributed by atoms with Crippen LogP contribution in [-0.2, 0) is 17.9 Å². The lowest BCUT2D eigenvalue weighted by atomic mass is 9.71. The highest BCUT2D eigenvalue weighted by Crippen LogP contribution is 2.50. The molecule has 0 saturated heterocycles. The molecule has 1 fully saturated rings. The van der Waals surface area contributed by atoms with E-state index in [1.807, 2.05) is 59.5 Å². The number of rotatable bonds is 5. The molecular weight excluding hydrogens is 415 g/mol. The van der Waals surface area contributed by atoms with Crippen LogP contribution < -0.4 is 5.32 Å². The molecule has 0 aromatic heterocycles. The van der Waals surface area contributed by atoms with E-state index < -0.39 is 11.5 Å². The van der Waals surface area contributed by atoms with Crippen LogP contribution in [0.2, 0.25) is 0 Å². The first-order valence-corrected chi connectivity index (χ1v) is 11.6. The summed E-state index contributed by atoms with van der Waals surface area (Å²) in [6.45, 7) is 0.802. The summed E-state index contributed by atoms with van der Waals surface area (Å²) in [5, 5.41) is 3.08. The topological polar surface area (TPSA) is 49.4 Å². The van der Waals surface area contributed by atoms with Crippen LogP contribution >= 0.6 is 0 Å². The number of hydrogen-bond acceptors (Lipinski definition) is 2. The second kappa shape index (κ2) is 8.81. The minimum Gasteiger partial charge on any atom is -0.351 e. The number of benzene rings is 3. The van der Waals surface area contributed by atoms with Crippen molar-refractivity contribution < 1.29 is 14.0 Å². The van der Waals surface area contributed by atoms with Gasteiger partial charge in [-0.15, -0.1) is 0 Å². The molecule has 1 heterocycles. The third-order valence-electron chi connectivity index (χ3n) is 7.12. The lowest BCUT2D eigenvalue weighted by Gasteiger charge is -2.50. The van der Waals surface area contributed by atoms with E-state index in [2.05, 4.69) is 5.32 Å². The maximum atomic E-state index is 13.7. The Labute approximate surface area is 193 Å². The molecule has 0 radical (unpaired) electrons. The number of hydrogen-bond donors (Lipinski definition) is 1. The smallest absolute Gasteiger partial charge is 0.254 e. The molecule has 1 aliphatic carbocycles. The summed E-state index contributed by atoms with van der Waals surface area (Å²) in [6.07, 6.45) is 3.58. The number of carbonyl (C=O) groups is 2.